The average molecular weight is 317 g/mol. The molecule has 1 aromatic heterocycles. The fourth-order valence-corrected chi connectivity index (χ4v) is 3.16. The van der Waals surface area contributed by atoms with Gasteiger partial charge in [-0.1, -0.05) is 29.3 Å². The van der Waals surface area contributed by atoms with E-state index in [1.165, 1.54) is 14.2 Å². The summed E-state index contributed by atoms with van der Waals surface area (Å²) >= 11 is 13.0. The lowest BCUT2D eigenvalue weighted by atomic mass is 10.0. The van der Waals surface area contributed by atoms with Crippen LogP contribution in [-0.2, 0) is 0 Å². The van der Waals surface area contributed by atoms with E-state index in [-0.39, 0.29) is 5.78 Å². The molecule has 0 aliphatic heterocycles. The minimum atomic E-state index is -0.276. The Balaban J connectivity index is 2.58. The second-order valence-corrected chi connectivity index (χ2v) is 5.89. The zero-order chi connectivity index (χ0) is 14.0. The minimum absolute atomic E-state index is 0.276. The molecule has 1 aromatic carbocycles. The number of carbonyl (C=O) groups is 1. The largest absolute Gasteiger partial charge is 0.496 e. The fourth-order valence-electron chi connectivity index (χ4n) is 1.70. The van der Waals surface area contributed by atoms with Crippen LogP contribution in [0.5, 0.6) is 11.5 Å². The highest BCUT2D eigenvalue weighted by atomic mass is 35.5. The summed E-state index contributed by atoms with van der Waals surface area (Å²) in [7, 11) is 2.99. The third-order valence-electron chi connectivity index (χ3n) is 2.56. The fraction of sp³-hybridized carbons (Fsp3) is 0.154. The topological polar surface area (TPSA) is 35.5 Å². The minimum Gasteiger partial charge on any atom is -0.496 e. The number of methoxy groups -OCH3 is 2. The Kier molecular flexibility index (Phi) is 4.34. The van der Waals surface area contributed by atoms with E-state index in [2.05, 4.69) is 0 Å². The highest BCUT2D eigenvalue weighted by molar-refractivity contribution is 7.20. The monoisotopic (exact) mass is 316 g/mol. The molecule has 2 aromatic rings. The molecule has 0 aliphatic rings. The van der Waals surface area contributed by atoms with Gasteiger partial charge in [-0.25, -0.2) is 0 Å². The van der Waals surface area contributed by atoms with E-state index in [1.807, 2.05) is 0 Å². The molecule has 0 aliphatic carbocycles. The van der Waals surface area contributed by atoms with Gasteiger partial charge in [-0.05, 0) is 18.2 Å². The summed E-state index contributed by atoms with van der Waals surface area (Å²) in [6, 6.07) is 6.68. The molecule has 6 heteroatoms. The smallest absolute Gasteiger partial charge is 0.202 e. The summed E-state index contributed by atoms with van der Waals surface area (Å²) in [5.74, 6) is 0.591. The molecule has 0 bridgehead atoms. The van der Waals surface area contributed by atoms with Crippen molar-refractivity contribution in [3.05, 3.63) is 44.1 Å². The van der Waals surface area contributed by atoms with Crippen molar-refractivity contribution >= 4 is 40.3 Å². The van der Waals surface area contributed by atoms with Crippen molar-refractivity contribution in [2.24, 2.45) is 0 Å². The van der Waals surface area contributed by atoms with E-state index >= 15 is 0 Å². The van der Waals surface area contributed by atoms with Gasteiger partial charge in [0.25, 0.3) is 0 Å². The first-order chi connectivity index (χ1) is 9.08. The van der Waals surface area contributed by atoms with E-state index in [4.69, 9.17) is 32.7 Å². The number of ketones is 1. The maximum Gasteiger partial charge on any atom is 0.202 e. The van der Waals surface area contributed by atoms with Crippen LogP contribution in [0.15, 0.2) is 24.3 Å². The number of hydrogen-bond donors (Lipinski definition) is 0. The number of ether oxygens (including phenoxy) is 2. The molecular weight excluding hydrogens is 307 g/mol. The highest BCUT2D eigenvalue weighted by Gasteiger charge is 2.23. The molecule has 19 heavy (non-hydrogen) atoms. The zero-order valence-corrected chi connectivity index (χ0v) is 12.5. The number of carbonyl (C=O) groups excluding carboxylic acids is 1. The van der Waals surface area contributed by atoms with E-state index < -0.39 is 0 Å². The Labute approximate surface area is 124 Å². The zero-order valence-electron chi connectivity index (χ0n) is 10.2. The molecule has 0 saturated heterocycles. The molecule has 2 rings (SSSR count). The first-order valence-corrected chi connectivity index (χ1v) is 6.86. The molecule has 0 N–H and O–H groups in total. The van der Waals surface area contributed by atoms with Gasteiger partial charge in [0, 0.05) is 0 Å². The molecule has 0 fully saturated rings. The lowest BCUT2D eigenvalue weighted by Crippen LogP contribution is -2.06. The standard InChI is InChI=1S/C13H10Cl2O3S/c1-17-8-4-3-5-9(18-2)11(8)12(16)7-6-10(14)19-13(7)15/h3-6H,1-2H3. The van der Waals surface area contributed by atoms with Crippen LogP contribution >= 0.6 is 34.5 Å². The molecule has 0 unspecified atom stereocenters. The molecule has 3 nitrogen and oxygen atoms in total. The van der Waals surface area contributed by atoms with Crippen LogP contribution in [0.2, 0.25) is 8.67 Å². The lowest BCUT2D eigenvalue weighted by Gasteiger charge is -2.11. The predicted octanol–water partition coefficient (Wildman–Crippen LogP) is 4.30. The number of thiophene rings is 1. The molecule has 0 amide bonds. The third kappa shape index (κ3) is 2.71. The molecule has 1 heterocycles. The summed E-state index contributed by atoms with van der Waals surface area (Å²) in [5, 5.41) is 0. The van der Waals surface area contributed by atoms with Crippen LogP contribution < -0.4 is 9.47 Å². The van der Waals surface area contributed by atoms with Crippen molar-refractivity contribution in [1.29, 1.82) is 0 Å². The quantitative estimate of drug-likeness (QED) is 0.789. The predicted molar refractivity (Wildman–Crippen MR) is 77.3 cm³/mol. The van der Waals surface area contributed by atoms with Crippen molar-refractivity contribution in [3.8, 4) is 11.5 Å². The number of benzene rings is 1. The van der Waals surface area contributed by atoms with E-state index in [9.17, 15) is 4.79 Å². The molecule has 0 saturated carbocycles. The lowest BCUT2D eigenvalue weighted by molar-refractivity contribution is 0.103. The normalized spacial score (nSPS) is 10.3. The van der Waals surface area contributed by atoms with Crippen molar-refractivity contribution in [3.63, 3.8) is 0 Å². The maximum atomic E-state index is 12.5. The van der Waals surface area contributed by atoms with Crippen molar-refractivity contribution in [2.75, 3.05) is 14.2 Å². The van der Waals surface area contributed by atoms with Gasteiger partial charge in [0.05, 0.1) is 24.1 Å². The Morgan fingerprint density at radius 2 is 1.74 bits per heavy atom. The van der Waals surface area contributed by atoms with Crippen LogP contribution in [0.1, 0.15) is 15.9 Å². The average Bonchev–Trinajstić information content (AvgIpc) is 2.75. The number of hydrogen-bond acceptors (Lipinski definition) is 4. The van der Waals surface area contributed by atoms with Gasteiger partial charge in [0.2, 0.25) is 5.78 Å². The van der Waals surface area contributed by atoms with Gasteiger partial charge in [-0.15, -0.1) is 11.3 Å². The Morgan fingerprint density at radius 1 is 1.16 bits per heavy atom. The van der Waals surface area contributed by atoms with E-state index in [1.54, 1.807) is 24.3 Å². The van der Waals surface area contributed by atoms with Crippen molar-refractivity contribution in [1.82, 2.24) is 0 Å². The van der Waals surface area contributed by atoms with Crippen LogP contribution in [0, 0.1) is 0 Å². The van der Waals surface area contributed by atoms with Crippen LogP contribution in [0.3, 0.4) is 0 Å². The Morgan fingerprint density at radius 3 is 2.16 bits per heavy atom. The van der Waals surface area contributed by atoms with Crippen LogP contribution in [0.25, 0.3) is 0 Å². The third-order valence-corrected chi connectivity index (χ3v) is 4.04. The second-order valence-electron chi connectivity index (χ2n) is 3.60. The summed E-state index contributed by atoms with van der Waals surface area (Å²) < 4.78 is 11.2. The summed E-state index contributed by atoms with van der Waals surface area (Å²) in [6.45, 7) is 0. The first-order valence-electron chi connectivity index (χ1n) is 5.29. The van der Waals surface area contributed by atoms with Gasteiger partial charge in [-0.3, -0.25) is 4.79 Å². The van der Waals surface area contributed by atoms with Crippen LogP contribution in [0.4, 0.5) is 0 Å². The molecule has 0 atom stereocenters. The number of halogens is 2. The van der Waals surface area contributed by atoms with Crippen molar-refractivity contribution < 1.29 is 14.3 Å². The Hall–Kier alpha value is -1.23. The number of rotatable bonds is 4. The maximum absolute atomic E-state index is 12.5. The van der Waals surface area contributed by atoms with E-state index in [0.717, 1.165) is 11.3 Å². The first kappa shape index (κ1) is 14.2. The van der Waals surface area contributed by atoms with E-state index in [0.29, 0.717) is 31.3 Å². The SMILES string of the molecule is COc1cccc(OC)c1C(=O)c1cc(Cl)sc1Cl. The summed E-state index contributed by atoms with van der Waals surface area (Å²) in [6.07, 6.45) is 0. The van der Waals surface area contributed by atoms with Gasteiger partial charge >= 0.3 is 0 Å². The second kappa shape index (κ2) is 5.82. The van der Waals surface area contributed by atoms with Crippen LogP contribution in [-0.4, -0.2) is 20.0 Å². The van der Waals surface area contributed by atoms with Crippen molar-refractivity contribution in [2.45, 2.75) is 0 Å². The summed E-state index contributed by atoms with van der Waals surface area (Å²) in [5.41, 5.74) is 0.684. The van der Waals surface area contributed by atoms with Gasteiger partial charge in [0.1, 0.15) is 21.4 Å². The highest BCUT2D eigenvalue weighted by Crippen LogP contribution is 2.37. The molecule has 0 radical (unpaired) electrons. The van der Waals surface area contributed by atoms with Gasteiger partial charge < -0.3 is 9.47 Å². The van der Waals surface area contributed by atoms with Gasteiger partial charge in [-0.2, -0.15) is 0 Å². The van der Waals surface area contributed by atoms with Gasteiger partial charge in [0.15, 0.2) is 0 Å². The molecule has 100 valence electrons. The molecule has 0 spiro atoms. The summed E-state index contributed by atoms with van der Waals surface area (Å²) in [4.78, 5) is 12.5. The molecular formula is C13H10Cl2O3S. The Bertz CT molecular complexity index is 600.